The van der Waals surface area contributed by atoms with E-state index >= 15 is 0 Å². The average Bonchev–Trinajstić information content (AvgIpc) is 2.84. The number of nitrogens with zero attached hydrogens (tertiary/aromatic N) is 1. The standard InChI is InChI=1S/C18H14FNO/c19-15-5-6-16-12(10-15)7-8-18(16,21)14-9-13-3-1-2-4-17(13)20-11-14/h1-6,9-11,21H,7-8H2. The molecule has 0 saturated carbocycles. The molecule has 3 aromatic rings. The smallest absolute Gasteiger partial charge is 0.123 e. The highest BCUT2D eigenvalue weighted by Crippen LogP contribution is 2.42. The van der Waals surface area contributed by atoms with Gasteiger partial charge in [-0.2, -0.15) is 0 Å². The summed E-state index contributed by atoms with van der Waals surface area (Å²) in [4.78, 5) is 4.43. The fourth-order valence-electron chi connectivity index (χ4n) is 3.22. The van der Waals surface area contributed by atoms with Crippen LogP contribution >= 0.6 is 0 Å². The molecule has 1 aliphatic carbocycles. The zero-order valence-electron chi connectivity index (χ0n) is 11.4. The van der Waals surface area contributed by atoms with Crippen molar-refractivity contribution in [2.24, 2.45) is 0 Å². The Morgan fingerprint density at radius 3 is 2.86 bits per heavy atom. The van der Waals surface area contributed by atoms with Crippen LogP contribution in [0.2, 0.25) is 0 Å². The van der Waals surface area contributed by atoms with E-state index in [0.29, 0.717) is 12.8 Å². The highest BCUT2D eigenvalue weighted by molar-refractivity contribution is 5.79. The van der Waals surface area contributed by atoms with Crippen molar-refractivity contribution in [3.63, 3.8) is 0 Å². The molecule has 104 valence electrons. The van der Waals surface area contributed by atoms with Crippen LogP contribution in [0.4, 0.5) is 4.39 Å². The van der Waals surface area contributed by atoms with E-state index in [9.17, 15) is 9.50 Å². The Balaban J connectivity index is 1.89. The number of aryl methyl sites for hydroxylation is 1. The minimum Gasteiger partial charge on any atom is -0.380 e. The summed E-state index contributed by atoms with van der Waals surface area (Å²) in [6, 6.07) is 14.4. The van der Waals surface area contributed by atoms with E-state index in [-0.39, 0.29) is 5.82 Å². The van der Waals surface area contributed by atoms with Crippen molar-refractivity contribution in [1.82, 2.24) is 4.98 Å². The molecule has 0 saturated heterocycles. The molecule has 0 radical (unpaired) electrons. The van der Waals surface area contributed by atoms with Crippen LogP contribution in [0.1, 0.15) is 23.1 Å². The maximum atomic E-state index is 13.3. The number of rotatable bonds is 1. The second-order valence-corrected chi connectivity index (χ2v) is 5.58. The number of aromatic nitrogens is 1. The first kappa shape index (κ1) is 12.5. The number of para-hydroxylation sites is 1. The van der Waals surface area contributed by atoms with Crippen LogP contribution in [0.25, 0.3) is 10.9 Å². The van der Waals surface area contributed by atoms with Crippen LogP contribution in [0, 0.1) is 5.82 Å². The van der Waals surface area contributed by atoms with Gasteiger partial charge in [-0.3, -0.25) is 4.98 Å². The van der Waals surface area contributed by atoms with E-state index in [1.807, 2.05) is 30.3 Å². The Kier molecular flexibility index (Phi) is 2.59. The van der Waals surface area contributed by atoms with Crippen molar-refractivity contribution < 1.29 is 9.50 Å². The quantitative estimate of drug-likeness (QED) is 0.739. The molecule has 0 amide bonds. The summed E-state index contributed by atoms with van der Waals surface area (Å²) in [5, 5.41) is 12.1. The monoisotopic (exact) mass is 279 g/mol. The fraction of sp³-hybridized carbons (Fsp3) is 0.167. The van der Waals surface area contributed by atoms with Crippen molar-refractivity contribution in [2.75, 3.05) is 0 Å². The predicted molar refractivity (Wildman–Crippen MR) is 79.5 cm³/mol. The lowest BCUT2D eigenvalue weighted by atomic mass is 9.88. The van der Waals surface area contributed by atoms with Gasteiger partial charge in [0.15, 0.2) is 0 Å². The highest BCUT2D eigenvalue weighted by atomic mass is 19.1. The summed E-state index contributed by atoms with van der Waals surface area (Å²) >= 11 is 0. The second kappa shape index (κ2) is 4.37. The maximum absolute atomic E-state index is 13.3. The molecule has 21 heavy (non-hydrogen) atoms. The molecular weight excluding hydrogens is 265 g/mol. The normalized spacial score (nSPS) is 20.7. The van der Waals surface area contributed by atoms with Gasteiger partial charge in [-0.25, -0.2) is 4.39 Å². The summed E-state index contributed by atoms with van der Waals surface area (Å²) in [5.74, 6) is -0.255. The van der Waals surface area contributed by atoms with Gasteiger partial charge >= 0.3 is 0 Å². The van der Waals surface area contributed by atoms with E-state index in [0.717, 1.165) is 27.6 Å². The van der Waals surface area contributed by atoms with E-state index in [1.54, 1.807) is 12.3 Å². The van der Waals surface area contributed by atoms with Gasteiger partial charge in [0.25, 0.3) is 0 Å². The van der Waals surface area contributed by atoms with Crippen molar-refractivity contribution in [3.05, 3.63) is 77.2 Å². The highest BCUT2D eigenvalue weighted by Gasteiger charge is 2.38. The van der Waals surface area contributed by atoms with E-state index in [4.69, 9.17) is 0 Å². The number of hydrogen-bond acceptors (Lipinski definition) is 2. The Labute approximate surface area is 121 Å². The molecule has 0 fully saturated rings. The van der Waals surface area contributed by atoms with Crippen LogP contribution in [-0.2, 0) is 12.0 Å². The SMILES string of the molecule is OC1(c2cnc3ccccc3c2)CCc2cc(F)ccc21. The van der Waals surface area contributed by atoms with Gasteiger partial charge in [0.1, 0.15) is 11.4 Å². The molecule has 2 aromatic carbocycles. The van der Waals surface area contributed by atoms with Gasteiger partial charge in [-0.1, -0.05) is 24.3 Å². The van der Waals surface area contributed by atoms with E-state index in [2.05, 4.69) is 4.98 Å². The first-order valence-electron chi connectivity index (χ1n) is 7.03. The lowest BCUT2D eigenvalue weighted by Gasteiger charge is -2.24. The number of hydrogen-bond donors (Lipinski definition) is 1. The lowest BCUT2D eigenvalue weighted by Crippen LogP contribution is -2.24. The number of fused-ring (bicyclic) bond motifs is 2. The summed E-state index contributed by atoms with van der Waals surface area (Å²) in [6.07, 6.45) is 2.96. The Morgan fingerprint density at radius 2 is 1.95 bits per heavy atom. The zero-order chi connectivity index (χ0) is 14.4. The summed E-state index contributed by atoms with van der Waals surface area (Å²) < 4.78 is 13.3. The van der Waals surface area contributed by atoms with Crippen molar-refractivity contribution >= 4 is 10.9 Å². The molecule has 0 bridgehead atoms. The third kappa shape index (κ3) is 1.85. The lowest BCUT2D eigenvalue weighted by molar-refractivity contribution is 0.0827. The molecule has 1 unspecified atom stereocenters. The van der Waals surface area contributed by atoms with Crippen LogP contribution in [0.5, 0.6) is 0 Å². The van der Waals surface area contributed by atoms with Crippen molar-refractivity contribution in [1.29, 1.82) is 0 Å². The number of benzene rings is 2. The van der Waals surface area contributed by atoms with Crippen molar-refractivity contribution in [3.8, 4) is 0 Å². The van der Waals surface area contributed by atoms with Gasteiger partial charge in [0.05, 0.1) is 5.52 Å². The van der Waals surface area contributed by atoms with Crippen LogP contribution < -0.4 is 0 Å². The van der Waals surface area contributed by atoms with Crippen LogP contribution in [0.3, 0.4) is 0 Å². The molecule has 1 heterocycles. The third-order valence-corrected chi connectivity index (χ3v) is 4.34. The van der Waals surface area contributed by atoms with Crippen LogP contribution in [0.15, 0.2) is 54.7 Å². The Morgan fingerprint density at radius 1 is 1.10 bits per heavy atom. The number of aliphatic hydroxyl groups is 1. The second-order valence-electron chi connectivity index (χ2n) is 5.58. The van der Waals surface area contributed by atoms with E-state index in [1.165, 1.54) is 12.1 Å². The molecule has 0 spiro atoms. The minimum atomic E-state index is -1.07. The van der Waals surface area contributed by atoms with Gasteiger partial charge in [0, 0.05) is 17.1 Å². The fourth-order valence-corrected chi connectivity index (χ4v) is 3.22. The van der Waals surface area contributed by atoms with Crippen molar-refractivity contribution in [2.45, 2.75) is 18.4 Å². The summed E-state index contributed by atoms with van der Waals surface area (Å²) in [7, 11) is 0. The van der Waals surface area contributed by atoms with Gasteiger partial charge in [0.2, 0.25) is 0 Å². The molecule has 1 atom stereocenters. The zero-order valence-corrected chi connectivity index (χ0v) is 11.4. The largest absolute Gasteiger partial charge is 0.380 e. The predicted octanol–water partition coefficient (Wildman–Crippen LogP) is 3.56. The number of pyridine rings is 1. The Hall–Kier alpha value is -2.26. The molecule has 1 N–H and O–H groups in total. The molecule has 1 aromatic heterocycles. The third-order valence-electron chi connectivity index (χ3n) is 4.34. The number of halogens is 1. The van der Waals surface area contributed by atoms with Gasteiger partial charge in [-0.15, -0.1) is 0 Å². The first-order chi connectivity index (χ1) is 10.2. The van der Waals surface area contributed by atoms with Gasteiger partial charge < -0.3 is 5.11 Å². The molecule has 0 aliphatic heterocycles. The van der Waals surface area contributed by atoms with Crippen LogP contribution in [-0.4, -0.2) is 10.1 Å². The average molecular weight is 279 g/mol. The molecule has 4 rings (SSSR count). The molecule has 1 aliphatic rings. The summed E-state index contributed by atoms with van der Waals surface area (Å²) in [6.45, 7) is 0. The molecular formula is C18H14FNO. The molecule has 3 heteroatoms. The topological polar surface area (TPSA) is 33.1 Å². The maximum Gasteiger partial charge on any atom is 0.123 e. The first-order valence-corrected chi connectivity index (χ1v) is 7.03. The van der Waals surface area contributed by atoms with Gasteiger partial charge in [-0.05, 0) is 48.2 Å². The molecule has 2 nitrogen and oxygen atoms in total. The Bertz CT molecular complexity index is 845. The minimum absolute atomic E-state index is 0.255. The van der Waals surface area contributed by atoms with E-state index < -0.39 is 5.60 Å². The summed E-state index contributed by atoms with van der Waals surface area (Å²) in [5.41, 5.74) is 2.28.